The van der Waals surface area contributed by atoms with Crippen LogP contribution in [0.3, 0.4) is 0 Å². The maximum absolute atomic E-state index is 12.0. The van der Waals surface area contributed by atoms with Crippen molar-refractivity contribution in [3.05, 3.63) is 54.6 Å². The van der Waals surface area contributed by atoms with Crippen molar-refractivity contribution in [1.29, 1.82) is 0 Å². The standard InChI is InChI=1S/C21H26N2O2/c1-17-13-14-23(16-17)19-11-9-18(10-12-19)22-21(24)8-5-15-25-20-6-3-2-4-7-20/h2-4,6-7,9-12,17H,5,8,13-16H2,1H3,(H,22,24). The molecule has 1 fully saturated rings. The Labute approximate surface area is 149 Å². The Kier molecular flexibility index (Phi) is 5.94. The Morgan fingerprint density at radius 2 is 1.92 bits per heavy atom. The van der Waals surface area contributed by atoms with Gasteiger partial charge in [0, 0.05) is 30.9 Å². The fourth-order valence-electron chi connectivity index (χ4n) is 3.09. The highest BCUT2D eigenvalue weighted by Gasteiger charge is 2.18. The molecule has 1 saturated heterocycles. The molecule has 0 aliphatic carbocycles. The number of ether oxygens (including phenoxy) is 1. The Morgan fingerprint density at radius 3 is 2.60 bits per heavy atom. The van der Waals surface area contributed by atoms with Crippen LogP contribution in [0, 0.1) is 5.92 Å². The molecule has 3 rings (SSSR count). The summed E-state index contributed by atoms with van der Waals surface area (Å²) in [6.07, 6.45) is 2.41. The van der Waals surface area contributed by atoms with E-state index >= 15 is 0 Å². The highest BCUT2D eigenvalue weighted by molar-refractivity contribution is 5.90. The molecular weight excluding hydrogens is 312 g/mol. The topological polar surface area (TPSA) is 41.6 Å². The third-order valence-electron chi connectivity index (χ3n) is 4.50. The third kappa shape index (κ3) is 5.24. The van der Waals surface area contributed by atoms with E-state index in [1.807, 2.05) is 42.5 Å². The van der Waals surface area contributed by atoms with E-state index in [2.05, 4.69) is 29.3 Å². The molecule has 0 bridgehead atoms. The van der Waals surface area contributed by atoms with Gasteiger partial charge in [0.15, 0.2) is 0 Å². The fraction of sp³-hybridized carbons (Fsp3) is 0.381. The van der Waals surface area contributed by atoms with Crippen LogP contribution in [0.2, 0.25) is 0 Å². The molecule has 132 valence electrons. The monoisotopic (exact) mass is 338 g/mol. The number of carbonyl (C=O) groups is 1. The molecule has 4 nitrogen and oxygen atoms in total. The Bertz CT molecular complexity index is 670. The Balaban J connectivity index is 1.39. The van der Waals surface area contributed by atoms with Gasteiger partial charge in [-0.25, -0.2) is 0 Å². The SMILES string of the molecule is CC1CCN(c2ccc(NC(=O)CCCOc3ccccc3)cc2)C1. The first-order valence-corrected chi connectivity index (χ1v) is 9.03. The number of anilines is 2. The summed E-state index contributed by atoms with van der Waals surface area (Å²) in [4.78, 5) is 14.4. The molecule has 1 aliphatic rings. The van der Waals surface area contributed by atoms with Gasteiger partial charge in [-0.15, -0.1) is 0 Å². The molecule has 1 unspecified atom stereocenters. The van der Waals surface area contributed by atoms with E-state index in [9.17, 15) is 4.79 Å². The predicted molar refractivity (Wildman–Crippen MR) is 102 cm³/mol. The minimum atomic E-state index is 0.0270. The molecule has 2 aromatic rings. The van der Waals surface area contributed by atoms with E-state index in [-0.39, 0.29) is 5.91 Å². The van der Waals surface area contributed by atoms with Crippen molar-refractivity contribution in [1.82, 2.24) is 0 Å². The number of hydrogen-bond acceptors (Lipinski definition) is 3. The lowest BCUT2D eigenvalue weighted by molar-refractivity contribution is -0.116. The van der Waals surface area contributed by atoms with Gasteiger partial charge in [-0.3, -0.25) is 4.79 Å². The second-order valence-electron chi connectivity index (χ2n) is 6.70. The minimum absolute atomic E-state index is 0.0270. The lowest BCUT2D eigenvalue weighted by Gasteiger charge is -2.18. The fourth-order valence-corrected chi connectivity index (χ4v) is 3.09. The van der Waals surface area contributed by atoms with Crippen LogP contribution >= 0.6 is 0 Å². The molecule has 0 aromatic heterocycles. The first-order valence-electron chi connectivity index (χ1n) is 9.03. The van der Waals surface area contributed by atoms with Crippen LogP contribution < -0.4 is 15.0 Å². The summed E-state index contributed by atoms with van der Waals surface area (Å²) in [7, 11) is 0. The second-order valence-corrected chi connectivity index (χ2v) is 6.70. The van der Waals surface area contributed by atoms with E-state index in [1.54, 1.807) is 0 Å². The van der Waals surface area contributed by atoms with E-state index < -0.39 is 0 Å². The Hall–Kier alpha value is -2.49. The van der Waals surface area contributed by atoms with Crippen LogP contribution in [0.15, 0.2) is 54.6 Å². The number of rotatable bonds is 7. The summed E-state index contributed by atoms with van der Waals surface area (Å²) in [6.45, 7) is 5.07. The summed E-state index contributed by atoms with van der Waals surface area (Å²) in [5.41, 5.74) is 2.09. The average Bonchev–Trinajstić information content (AvgIpc) is 3.07. The molecule has 2 aromatic carbocycles. The quantitative estimate of drug-likeness (QED) is 0.764. The average molecular weight is 338 g/mol. The summed E-state index contributed by atoms with van der Waals surface area (Å²) in [5, 5.41) is 2.95. The minimum Gasteiger partial charge on any atom is -0.494 e. The van der Waals surface area contributed by atoms with Crippen molar-refractivity contribution in [2.24, 2.45) is 5.92 Å². The number of hydrogen-bond donors (Lipinski definition) is 1. The predicted octanol–water partition coefficient (Wildman–Crippen LogP) is 4.33. The molecule has 0 spiro atoms. The van der Waals surface area contributed by atoms with E-state index in [1.165, 1.54) is 12.1 Å². The number of amides is 1. The summed E-state index contributed by atoms with van der Waals surface area (Å²) in [5.74, 6) is 1.63. The molecular formula is C21H26N2O2. The van der Waals surface area contributed by atoms with E-state index in [0.29, 0.717) is 19.4 Å². The van der Waals surface area contributed by atoms with E-state index in [0.717, 1.165) is 30.4 Å². The maximum atomic E-state index is 12.0. The first-order chi connectivity index (χ1) is 12.2. The number of para-hydroxylation sites is 1. The molecule has 25 heavy (non-hydrogen) atoms. The highest BCUT2D eigenvalue weighted by atomic mass is 16.5. The van der Waals surface area contributed by atoms with Gasteiger partial charge < -0.3 is 15.0 Å². The highest BCUT2D eigenvalue weighted by Crippen LogP contribution is 2.24. The van der Waals surface area contributed by atoms with Crippen molar-refractivity contribution in [3.8, 4) is 5.75 Å². The summed E-state index contributed by atoms with van der Waals surface area (Å²) >= 11 is 0. The van der Waals surface area contributed by atoms with Gasteiger partial charge in [-0.05, 0) is 55.2 Å². The smallest absolute Gasteiger partial charge is 0.224 e. The van der Waals surface area contributed by atoms with Crippen molar-refractivity contribution < 1.29 is 9.53 Å². The molecule has 1 N–H and O–H groups in total. The van der Waals surface area contributed by atoms with Crippen molar-refractivity contribution in [2.45, 2.75) is 26.2 Å². The van der Waals surface area contributed by atoms with Crippen LogP contribution in [0.25, 0.3) is 0 Å². The van der Waals surface area contributed by atoms with Gasteiger partial charge in [-0.1, -0.05) is 25.1 Å². The van der Waals surface area contributed by atoms with Crippen LogP contribution in [0.1, 0.15) is 26.2 Å². The first kappa shape index (κ1) is 17.3. The van der Waals surface area contributed by atoms with Crippen molar-refractivity contribution in [2.75, 3.05) is 29.9 Å². The van der Waals surface area contributed by atoms with Gasteiger partial charge >= 0.3 is 0 Å². The summed E-state index contributed by atoms with van der Waals surface area (Å²) in [6, 6.07) is 17.8. The zero-order chi connectivity index (χ0) is 17.5. The second kappa shape index (κ2) is 8.56. The third-order valence-corrected chi connectivity index (χ3v) is 4.50. The largest absolute Gasteiger partial charge is 0.494 e. The summed E-state index contributed by atoms with van der Waals surface area (Å²) < 4.78 is 5.60. The van der Waals surface area contributed by atoms with Gasteiger partial charge in [0.25, 0.3) is 0 Å². The molecule has 0 saturated carbocycles. The number of nitrogens with zero attached hydrogens (tertiary/aromatic N) is 1. The van der Waals surface area contributed by atoms with Crippen molar-refractivity contribution >= 4 is 17.3 Å². The lowest BCUT2D eigenvalue weighted by atomic mass is 10.2. The number of benzene rings is 2. The zero-order valence-corrected chi connectivity index (χ0v) is 14.8. The van der Waals surface area contributed by atoms with Gasteiger partial charge in [0.1, 0.15) is 5.75 Å². The van der Waals surface area contributed by atoms with Crippen LogP contribution in [0.5, 0.6) is 5.75 Å². The zero-order valence-electron chi connectivity index (χ0n) is 14.8. The maximum Gasteiger partial charge on any atom is 0.224 e. The molecule has 0 radical (unpaired) electrons. The van der Waals surface area contributed by atoms with Gasteiger partial charge in [0.2, 0.25) is 5.91 Å². The number of nitrogens with one attached hydrogen (secondary N) is 1. The van der Waals surface area contributed by atoms with Crippen LogP contribution in [-0.2, 0) is 4.79 Å². The molecule has 1 amide bonds. The van der Waals surface area contributed by atoms with Gasteiger partial charge in [0.05, 0.1) is 6.61 Å². The van der Waals surface area contributed by atoms with Gasteiger partial charge in [-0.2, -0.15) is 0 Å². The van der Waals surface area contributed by atoms with Crippen LogP contribution in [0.4, 0.5) is 11.4 Å². The molecule has 1 atom stereocenters. The van der Waals surface area contributed by atoms with Crippen LogP contribution in [-0.4, -0.2) is 25.6 Å². The van der Waals surface area contributed by atoms with E-state index in [4.69, 9.17) is 4.74 Å². The number of carbonyl (C=O) groups excluding carboxylic acids is 1. The molecule has 4 heteroatoms. The van der Waals surface area contributed by atoms with Crippen molar-refractivity contribution in [3.63, 3.8) is 0 Å². The lowest BCUT2D eigenvalue weighted by Crippen LogP contribution is -2.19. The molecule has 1 aliphatic heterocycles. The molecule has 1 heterocycles. The normalized spacial score (nSPS) is 16.7. The Morgan fingerprint density at radius 1 is 1.16 bits per heavy atom.